The van der Waals surface area contributed by atoms with Crippen molar-refractivity contribution >= 4 is 11.3 Å². The van der Waals surface area contributed by atoms with Gasteiger partial charge in [0.1, 0.15) is 0 Å². The van der Waals surface area contributed by atoms with E-state index in [1.54, 1.807) is 11.3 Å². The SMILES string of the molecule is OC1(CNCc2cscn2)CCCC1. The van der Waals surface area contributed by atoms with Crippen LogP contribution in [0.2, 0.25) is 0 Å². The van der Waals surface area contributed by atoms with E-state index in [-0.39, 0.29) is 0 Å². The predicted molar refractivity (Wildman–Crippen MR) is 57.2 cm³/mol. The average Bonchev–Trinajstić information content (AvgIpc) is 2.77. The summed E-state index contributed by atoms with van der Waals surface area (Å²) in [5.41, 5.74) is 2.45. The molecule has 0 amide bonds. The molecular weight excluding hydrogens is 196 g/mol. The zero-order chi connectivity index (χ0) is 9.86. The molecule has 0 aliphatic heterocycles. The van der Waals surface area contributed by atoms with Gasteiger partial charge in [0.05, 0.1) is 16.8 Å². The summed E-state index contributed by atoms with van der Waals surface area (Å²) in [4.78, 5) is 4.18. The van der Waals surface area contributed by atoms with Crippen molar-refractivity contribution in [3.05, 3.63) is 16.6 Å². The fraction of sp³-hybridized carbons (Fsp3) is 0.700. The zero-order valence-corrected chi connectivity index (χ0v) is 9.02. The molecule has 1 heterocycles. The molecular formula is C10H16N2OS. The van der Waals surface area contributed by atoms with E-state index in [2.05, 4.69) is 10.3 Å². The van der Waals surface area contributed by atoms with Gasteiger partial charge in [-0.15, -0.1) is 11.3 Å². The number of thiazole rings is 1. The van der Waals surface area contributed by atoms with Gasteiger partial charge in [0.15, 0.2) is 0 Å². The van der Waals surface area contributed by atoms with Crippen molar-refractivity contribution in [2.75, 3.05) is 6.54 Å². The third-order valence-corrected chi connectivity index (χ3v) is 3.41. The fourth-order valence-electron chi connectivity index (χ4n) is 1.96. The fourth-order valence-corrected chi connectivity index (χ4v) is 2.52. The van der Waals surface area contributed by atoms with E-state index in [9.17, 15) is 5.11 Å². The highest BCUT2D eigenvalue weighted by Crippen LogP contribution is 2.28. The Labute approximate surface area is 88.2 Å². The van der Waals surface area contributed by atoms with Crippen LogP contribution in [0.4, 0.5) is 0 Å². The van der Waals surface area contributed by atoms with Crippen LogP contribution in [-0.4, -0.2) is 22.2 Å². The Bertz CT molecular complexity index is 268. The van der Waals surface area contributed by atoms with Gasteiger partial charge < -0.3 is 10.4 Å². The van der Waals surface area contributed by atoms with Crippen molar-refractivity contribution in [3.63, 3.8) is 0 Å². The molecule has 0 unspecified atom stereocenters. The minimum absolute atomic E-state index is 0.448. The van der Waals surface area contributed by atoms with Gasteiger partial charge in [-0.1, -0.05) is 12.8 Å². The highest BCUT2D eigenvalue weighted by Gasteiger charge is 2.30. The Morgan fingerprint density at radius 3 is 2.93 bits per heavy atom. The van der Waals surface area contributed by atoms with Gasteiger partial charge in [-0.3, -0.25) is 0 Å². The second kappa shape index (κ2) is 4.38. The van der Waals surface area contributed by atoms with E-state index in [0.29, 0.717) is 6.54 Å². The minimum atomic E-state index is -0.448. The van der Waals surface area contributed by atoms with Crippen LogP contribution >= 0.6 is 11.3 Å². The minimum Gasteiger partial charge on any atom is -0.389 e. The summed E-state index contributed by atoms with van der Waals surface area (Å²) in [5.74, 6) is 0. The molecule has 0 aromatic carbocycles. The monoisotopic (exact) mass is 212 g/mol. The van der Waals surface area contributed by atoms with Crippen molar-refractivity contribution in [1.29, 1.82) is 0 Å². The molecule has 14 heavy (non-hydrogen) atoms. The number of rotatable bonds is 4. The lowest BCUT2D eigenvalue weighted by Gasteiger charge is -2.22. The normalized spacial score (nSPS) is 20.1. The maximum absolute atomic E-state index is 10.0. The van der Waals surface area contributed by atoms with E-state index >= 15 is 0 Å². The Kier molecular flexibility index (Phi) is 3.15. The molecule has 3 nitrogen and oxygen atoms in total. The quantitative estimate of drug-likeness (QED) is 0.795. The lowest BCUT2D eigenvalue weighted by atomic mass is 10.0. The summed E-state index contributed by atoms with van der Waals surface area (Å²) < 4.78 is 0. The van der Waals surface area contributed by atoms with E-state index in [4.69, 9.17) is 0 Å². The first-order valence-electron chi connectivity index (χ1n) is 5.09. The van der Waals surface area contributed by atoms with E-state index < -0.39 is 5.60 Å². The van der Waals surface area contributed by atoms with Gasteiger partial charge in [0.25, 0.3) is 0 Å². The zero-order valence-electron chi connectivity index (χ0n) is 8.20. The number of nitrogens with zero attached hydrogens (tertiary/aromatic N) is 1. The van der Waals surface area contributed by atoms with Crippen molar-refractivity contribution in [1.82, 2.24) is 10.3 Å². The van der Waals surface area contributed by atoms with Gasteiger partial charge in [0.2, 0.25) is 0 Å². The second-order valence-electron chi connectivity index (χ2n) is 4.01. The van der Waals surface area contributed by atoms with Crippen molar-refractivity contribution < 1.29 is 5.11 Å². The number of aliphatic hydroxyl groups is 1. The van der Waals surface area contributed by atoms with Gasteiger partial charge >= 0.3 is 0 Å². The van der Waals surface area contributed by atoms with Gasteiger partial charge in [-0.25, -0.2) is 4.98 Å². The lowest BCUT2D eigenvalue weighted by molar-refractivity contribution is 0.0474. The Balaban J connectivity index is 1.72. The first-order chi connectivity index (χ1) is 6.79. The molecule has 0 saturated heterocycles. The molecule has 1 saturated carbocycles. The smallest absolute Gasteiger partial charge is 0.0795 e. The molecule has 0 atom stereocenters. The van der Waals surface area contributed by atoms with Crippen molar-refractivity contribution in [3.8, 4) is 0 Å². The van der Waals surface area contributed by atoms with Gasteiger partial charge in [0, 0.05) is 18.5 Å². The van der Waals surface area contributed by atoms with E-state index in [1.165, 1.54) is 0 Å². The molecule has 1 aromatic rings. The standard InChI is InChI=1S/C10H16N2OS/c13-10(3-1-2-4-10)7-11-5-9-6-14-8-12-9/h6,8,11,13H,1-5,7H2. The third-order valence-electron chi connectivity index (χ3n) is 2.78. The second-order valence-corrected chi connectivity index (χ2v) is 4.73. The largest absolute Gasteiger partial charge is 0.389 e. The highest BCUT2D eigenvalue weighted by atomic mass is 32.1. The maximum atomic E-state index is 10.0. The van der Waals surface area contributed by atoms with Gasteiger partial charge in [-0.05, 0) is 12.8 Å². The summed E-state index contributed by atoms with van der Waals surface area (Å²) in [6.45, 7) is 1.47. The van der Waals surface area contributed by atoms with Crippen LogP contribution < -0.4 is 5.32 Å². The van der Waals surface area contributed by atoms with Gasteiger partial charge in [-0.2, -0.15) is 0 Å². The van der Waals surface area contributed by atoms with Crippen LogP contribution in [-0.2, 0) is 6.54 Å². The summed E-state index contributed by atoms with van der Waals surface area (Å²) in [5, 5.41) is 15.3. The first kappa shape index (κ1) is 10.1. The number of hydrogen-bond acceptors (Lipinski definition) is 4. The summed E-state index contributed by atoms with van der Waals surface area (Å²) in [6, 6.07) is 0. The Morgan fingerprint density at radius 2 is 2.29 bits per heavy atom. The molecule has 0 spiro atoms. The number of aromatic nitrogens is 1. The topological polar surface area (TPSA) is 45.1 Å². The van der Waals surface area contributed by atoms with Crippen LogP contribution in [0.5, 0.6) is 0 Å². The third kappa shape index (κ3) is 2.53. The summed E-state index contributed by atoms with van der Waals surface area (Å²) in [6.07, 6.45) is 4.21. The molecule has 0 radical (unpaired) electrons. The average molecular weight is 212 g/mol. The van der Waals surface area contributed by atoms with E-state index in [1.807, 2.05) is 10.9 Å². The van der Waals surface area contributed by atoms with Crippen LogP contribution in [0, 0.1) is 0 Å². The molecule has 2 rings (SSSR count). The summed E-state index contributed by atoms with van der Waals surface area (Å²) in [7, 11) is 0. The predicted octanol–water partition coefficient (Wildman–Crippen LogP) is 1.54. The lowest BCUT2D eigenvalue weighted by Crippen LogP contribution is -2.37. The van der Waals surface area contributed by atoms with Crippen molar-refractivity contribution in [2.24, 2.45) is 0 Å². The molecule has 4 heteroatoms. The number of nitrogens with one attached hydrogen (secondary N) is 1. The molecule has 1 aliphatic carbocycles. The Morgan fingerprint density at radius 1 is 1.50 bits per heavy atom. The number of hydrogen-bond donors (Lipinski definition) is 2. The molecule has 2 N–H and O–H groups in total. The van der Waals surface area contributed by atoms with Crippen molar-refractivity contribution in [2.45, 2.75) is 37.8 Å². The Hall–Kier alpha value is -0.450. The summed E-state index contributed by atoms with van der Waals surface area (Å²) >= 11 is 1.61. The molecule has 1 aromatic heterocycles. The highest BCUT2D eigenvalue weighted by molar-refractivity contribution is 7.07. The van der Waals surface area contributed by atoms with Crippen LogP contribution in [0.25, 0.3) is 0 Å². The molecule has 1 aliphatic rings. The first-order valence-corrected chi connectivity index (χ1v) is 6.03. The maximum Gasteiger partial charge on any atom is 0.0795 e. The van der Waals surface area contributed by atoms with E-state index in [0.717, 1.165) is 37.9 Å². The molecule has 1 fully saturated rings. The molecule has 78 valence electrons. The van der Waals surface area contributed by atoms with Crippen LogP contribution in [0.15, 0.2) is 10.9 Å². The van der Waals surface area contributed by atoms with Crippen LogP contribution in [0.3, 0.4) is 0 Å². The van der Waals surface area contributed by atoms with Crippen LogP contribution in [0.1, 0.15) is 31.4 Å². The molecule has 0 bridgehead atoms.